The minimum absolute atomic E-state index is 0.481. The molecule has 18 heavy (non-hydrogen) atoms. The van der Waals surface area contributed by atoms with E-state index in [0.717, 1.165) is 12.0 Å². The first-order valence-corrected chi connectivity index (χ1v) is 6.35. The van der Waals surface area contributed by atoms with Crippen molar-refractivity contribution in [3.05, 3.63) is 35.9 Å². The van der Waals surface area contributed by atoms with Gasteiger partial charge >= 0.3 is 6.18 Å². The molecule has 1 N–H and O–H groups in total. The van der Waals surface area contributed by atoms with Crippen LogP contribution < -0.4 is 5.32 Å². The van der Waals surface area contributed by atoms with Gasteiger partial charge in [-0.3, -0.25) is 0 Å². The van der Waals surface area contributed by atoms with Crippen LogP contribution in [0.5, 0.6) is 0 Å². The molecule has 0 saturated heterocycles. The van der Waals surface area contributed by atoms with E-state index in [-0.39, 0.29) is 0 Å². The second kappa shape index (κ2) is 7.41. The standard InChI is InChI=1S/C14H20F3N/c1-2-10-18-13(11-14(15,16)17)9-8-12-6-4-3-5-7-12/h3-7,13,18H,2,8-11H2,1H3. The maximum Gasteiger partial charge on any atom is 0.390 e. The fourth-order valence-corrected chi connectivity index (χ4v) is 1.89. The van der Waals surface area contributed by atoms with Crippen molar-refractivity contribution in [2.75, 3.05) is 6.54 Å². The highest BCUT2D eigenvalue weighted by Gasteiger charge is 2.31. The molecule has 1 unspecified atom stereocenters. The fraction of sp³-hybridized carbons (Fsp3) is 0.571. The summed E-state index contributed by atoms with van der Waals surface area (Å²) in [5, 5.41) is 2.98. The Morgan fingerprint density at radius 1 is 1.17 bits per heavy atom. The molecule has 1 nitrogen and oxygen atoms in total. The number of halogens is 3. The first kappa shape index (κ1) is 15.0. The molecule has 1 aromatic carbocycles. The molecule has 1 aromatic rings. The summed E-state index contributed by atoms with van der Waals surface area (Å²) in [6.45, 7) is 2.59. The summed E-state index contributed by atoms with van der Waals surface area (Å²) < 4.78 is 37.3. The molecule has 102 valence electrons. The lowest BCUT2D eigenvalue weighted by Gasteiger charge is -2.20. The van der Waals surface area contributed by atoms with E-state index in [2.05, 4.69) is 5.32 Å². The number of rotatable bonds is 7. The van der Waals surface area contributed by atoms with Crippen LogP contribution in [0.2, 0.25) is 0 Å². The summed E-state index contributed by atoms with van der Waals surface area (Å²) in [5.74, 6) is 0. The molecule has 0 saturated carbocycles. The Hall–Kier alpha value is -1.03. The zero-order chi connectivity index (χ0) is 13.4. The van der Waals surface area contributed by atoms with Crippen molar-refractivity contribution in [1.82, 2.24) is 5.32 Å². The highest BCUT2D eigenvalue weighted by Crippen LogP contribution is 2.23. The molecule has 0 aliphatic heterocycles. The van der Waals surface area contributed by atoms with Gasteiger partial charge in [0, 0.05) is 6.04 Å². The molecular weight excluding hydrogens is 239 g/mol. The summed E-state index contributed by atoms with van der Waals surface area (Å²) in [7, 11) is 0. The van der Waals surface area contributed by atoms with Crippen molar-refractivity contribution < 1.29 is 13.2 Å². The highest BCUT2D eigenvalue weighted by atomic mass is 19.4. The zero-order valence-electron chi connectivity index (χ0n) is 10.6. The van der Waals surface area contributed by atoms with E-state index in [0.29, 0.717) is 19.4 Å². The first-order valence-electron chi connectivity index (χ1n) is 6.35. The van der Waals surface area contributed by atoms with E-state index in [1.165, 1.54) is 0 Å². The molecule has 0 bridgehead atoms. The molecule has 0 amide bonds. The molecule has 0 spiro atoms. The molecule has 1 atom stereocenters. The van der Waals surface area contributed by atoms with Crippen LogP contribution in [-0.2, 0) is 6.42 Å². The summed E-state index contributed by atoms with van der Waals surface area (Å²) in [5.41, 5.74) is 1.09. The number of hydrogen-bond donors (Lipinski definition) is 1. The molecule has 0 aliphatic carbocycles. The zero-order valence-corrected chi connectivity index (χ0v) is 10.6. The van der Waals surface area contributed by atoms with Crippen molar-refractivity contribution in [1.29, 1.82) is 0 Å². The van der Waals surface area contributed by atoms with E-state index >= 15 is 0 Å². The predicted molar refractivity (Wildman–Crippen MR) is 67.5 cm³/mol. The van der Waals surface area contributed by atoms with E-state index in [1.54, 1.807) is 0 Å². The Bertz CT molecular complexity index is 322. The molecule has 1 rings (SSSR count). The quantitative estimate of drug-likeness (QED) is 0.782. The first-order chi connectivity index (χ1) is 8.51. The van der Waals surface area contributed by atoms with Gasteiger partial charge in [-0.15, -0.1) is 0 Å². The van der Waals surface area contributed by atoms with Crippen LogP contribution >= 0.6 is 0 Å². The third kappa shape index (κ3) is 6.64. The van der Waals surface area contributed by atoms with Crippen molar-refractivity contribution in [3.63, 3.8) is 0 Å². The van der Waals surface area contributed by atoms with E-state index < -0.39 is 18.6 Å². The number of nitrogens with one attached hydrogen (secondary N) is 1. The average molecular weight is 259 g/mol. The molecular formula is C14H20F3N. The minimum atomic E-state index is -4.10. The lowest BCUT2D eigenvalue weighted by Crippen LogP contribution is -2.34. The molecule has 0 radical (unpaired) electrons. The van der Waals surface area contributed by atoms with Gasteiger partial charge in [-0.05, 0) is 31.4 Å². The van der Waals surface area contributed by atoms with Gasteiger partial charge in [0.25, 0.3) is 0 Å². The maximum atomic E-state index is 12.4. The number of hydrogen-bond acceptors (Lipinski definition) is 1. The van der Waals surface area contributed by atoms with Crippen LogP contribution in [0.1, 0.15) is 31.7 Å². The number of benzene rings is 1. The summed E-state index contributed by atoms with van der Waals surface area (Å²) in [4.78, 5) is 0. The maximum absolute atomic E-state index is 12.4. The predicted octanol–water partition coefficient (Wildman–Crippen LogP) is 3.94. The van der Waals surface area contributed by atoms with Gasteiger partial charge in [0.1, 0.15) is 0 Å². The fourth-order valence-electron chi connectivity index (χ4n) is 1.89. The van der Waals surface area contributed by atoms with E-state index in [1.807, 2.05) is 37.3 Å². The molecule has 0 aromatic heterocycles. The van der Waals surface area contributed by atoms with Crippen LogP contribution in [0, 0.1) is 0 Å². The Labute approximate surface area is 106 Å². The molecule has 0 heterocycles. The largest absolute Gasteiger partial charge is 0.390 e. The summed E-state index contributed by atoms with van der Waals surface area (Å²) in [6, 6.07) is 9.15. The Morgan fingerprint density at radius 3 is 2.39 bits per heavy atom. The van der Waals surface area contributed by atoms with Crippen molar-refractivity contribution in [2.45, 2.75) is 44.8 Å². The normalized spacial score (nSPS) is 13.6. The van der Waals surface area contributed by atoms with Gasteiger partial charge in [0.2, 0.25) is 0 Å². The van der Waals surface area contributed by atoms with Gasteiger partial charge in [-0.1, -0.05) is 37.3 Å². The van der Waals surface area contributed by atoms with Gasteiger partial charge in [0.05, 0.1) is 6.42 Å². The van der Waals surface area contributed by atoms with Crippen molar-refractivity contribution in [3.8, 4) is 0 Å². The van der Waals surface area contributed by atoms with Crippen molar-refractivity contribution in [2.24, 2.45) is 0 Å². The smallest absolute Gasteiger partial charge is 0.314 e. The lowest BCUT2D eigenvalue weighted by atomic mass is 10.0. The number of alkyl halides is 3. The average Bonchev–Trinajstić information content (AvgIpc) is 2.32. The summed E-state index contributed by atoms with van der Waals surface area (Å²) in [6.07, 6.45) is -2.80. The molecule has 0 fully saturated rings. The van der Waals surface area contributed by atoms with Gasteiger partial charge in [-0.2, -0.15) is 13.2 Å². The Kier molecular flexibility index (Phi) is 6.19. The minimum Gasteiger partial charge on any atom is -0.314 e. The SMILES string of the molecule is CCCNC(CCc1ccccc1)CC(F)(F)F. The Morgan fingerprint density at radius 2 is 1.83 bits per heavy atom. The highest BCUT2D eigenvalue weighted by molar-refractivity contribution is 5.14. The number of aryl methyl sites for hydroxylation is 1. The second-order valence-electron chi connectivity index (χ2n) is 4.49. The van der Waals surface area contributed by atoms with Gasteiger partial charge in [-0.25, -0.2) is 0 Å². The van der Waals surface area contributed by atoms with E-state index in [4.69, 9.17) is 0 Å². The van der Waals surface area contributed by atoms with Gasteiger partial charge in [0.15, 0.2) is 0 Å². The second-order valence-corrected chi connectivity index (χ2v) is 4.49. The third-order valence-electron chi connectivity index (χ3n) is 2.79. The van der Waals surface area contributed by atoms with Gasteiger partial charge < -0.3 is 5.32 Å². The summed E-state index contributed by atoms with van der Waals surface area (Å²) >= 11 is 0. The third-order valence-corrected chi connectivity index (χ3v) is 2.79. The lowest BCUT2D eigenvalue weighted by molar-refractivity contribution is -0.140. The topological polar surface area (TPSA) is 12.0 Å². The monoisotopic (exact) mass is 259 g/mol. The van der Waals surface area contributed by atoms with Crippen LogP contribution in [0.15, 0.2) is 30.3 Å². The molecule has 4 heteroatoms. The van der Waals surface area contributed by atoms with Crippen LogP contribution in [0.4, 0.5) is 13.2 Å². The van der Waals surface area contributed by atoms with Crippen molar-refractivity contribution >= 4 is 0 Å². The van der Waals surface area contributed by atoms with Crippen LogP contribution in [0.3, 0.4) is 0 Å². The van der Waals surface area contributed by atoms with E-state index in [9.17, 15) is 13.2 Å². The van der Waals surface area contributed by atoms with Crippen LogP contribution in [0.25, 0.3) is 0 Å². The van der Waals surface area contributed by atoms with Crippen LogP contribution in [-0.4, -0.2) is 18.8 Å². The Balaban J connectivity index is 2.45. The molecule has 0 aliphatic rings.